The number of hydrogen-bond donors (Lipinski definition) is 2. The first-order valence-corrected chi connectivity index (χ1v) is 8.12. The van der Waals surface area contributed by atoms with Gasteiger partial charge in [-0.1, -0.05) is 18.2 Å². The summed E-state index contributed by atoms with van der Waals surface area (Å²) in [5, 5.41) is 9.30. The van der Waals surface area contributed by atoms with Crippen LogP contribution in [-0.4, -0.2) is 14.6 Å². The molecule has 2 N–H and O–H groups in total. The van der Waals surface area contributed by atoms with Crippen LogP contribution in [-0.2, 0) is 6.54 Å². The molecule has 0 fully saturated rings. The average Bonchev–Trinajstić information content (AvgIpc) is 3.17. The zero-order valence-corrected chi connectivity index (χ0v) is 14.1. The summed E-state index contributed by atoms with van der Waals surface area (Å²) in [7, 11) is 0. The summed E-state index contributed by atoms with van der Waals surface area (Å²) in [4.78, 5) is 3.44. The minimum Gasteiger partial charge on any atom is -0.383 e. The monoisotopic (exact) mass is 336 g/mol. The Morgan fingerprint density at radius 3 is 3.00 bits per heavy atom. The highest BCUT2D eigenvalue weighted by molar-refractivity contribution is 6.34. The van der Waals surface area contributed by atoms with Crippen molar-refractivity contribution < 1.29 is 0 Å². The maximum absolute atomic E-state index is 6.53. The van der Waals surface area contributed by atoms with Gasteiger partial charge >= 0.3 is 0 Å². The molecule has 5 heteroatoms. The van der Waals surface area contributed by atoms with Crippen LogP contribution in [0.2, 0.25) is 5.02 Å². The lowest BCUT2D eigenvalue weighted by atomic mass is 10.0. The molecule has 0 bridgehead atoms. The molecule has 3 heterocycles. The van der Waals surface area contributed by atoms with E-state index in [4.69, 9.17) is 11.6 Å². The van der Waals surface area contributed by atoms with E-state index in [-0.39, 0.29) is 0 Å². The quantitative estimate of drug-likeness (QED) is 0.564. The predicted molar refractivity (Wildman–Crippen MR) is 99.1 cm³/mol. The molecule has 4 rings (SSSR count). The van der Waals surface area contributed by atoms with E-state index in [0.29, 0.717) is 0 Å². The molecule has 3 aromatic heterocycles. The molecule has 0 saturated heterocycles. The zero-order chi connectivity index (χ0) is 16.7. The van der Waals surface area contributed by atoms with Gasteiger partial charge in [0.2, 0.25) is 0 Å². The van der Waals surface area contributed by atoms with Gasteiger partial charge in [0, 0.05) is 45.3 Å². The van der Waals surface area contributed by atoms with E-state index in [1.807, 2.05) is 35.8 Å². The molecule has 1 aromatic carbocycles. The van der Waals surface area contributed by atoms with E-state index in [1.165, 1.54) is 0 Å². The number of halogens is 1. The largest absolute Gasteiger partial charge is 0.383 e. The fourth-order valence-corrected chi connectivity index (χ4v) is 3.15. The molecule has 0 atom stereocenters. The van der Waals surface area contributed by atoms with Gasteiger partial charge in [-0.3, -0.25) is 0 Å². The molecule has 0 spiro atoms. The SMILES string of the molecule is C=C(C)NCc1cc2cc(Cl)c(-c3ccn4nccc4c3)cc2[nH]1. The van der Waals surface area contributed by atoms with Gasteiger partial charge in [-0.2, -0.15) is 5.10 Å². The first-order chi connectivity index (χ1) is 11.6. The van der Waals surface area contributed by atoms with Crippen molar-refractivity contribution in [1.82, 2.24) is 19.9 Å². The Bertz CT molecular complexity index is 1060. The third-order valence-electron chi connectivity index (χ3n) is 4.06. The second-order valence-corrected chi connectivity index (χ2v) is 6.37. The third kappa shape index (κ3) is 2.65. The summed E-state index contributed by atoms with van der Waals surface area (Å²) in [5.74, 6) is 0. The number of fused-ring (bicyclic) bond motifs is 2. The molecule has 120 valence electrons. The highest BCUT2D eigenvalue weighted by Gasteiger charge is 2.09. The van der Waals surface area contributed by atoms with Crippen LogP contribution in [0.4, 0.5) is 0 Å². The highest BCUT2D eigenvalue weighted by atomic mass is 35.5. The van der Waals surface area contributed by atoms with Gasteiger partial charge in [0.15, 0.2) is 0 Å². The molecule has 0 unspecified atom stereocenters. The van der Waals surface area contributed by atoms with Crippen molar-refractivity contribution >= 4 is 28.0 Å². The normalized spacial score (nSPS) is 11.2. The second kappa shape index (κ2) is 5.73. The lowest BCUT2D eigenvalue weighted by molar-refractivity contribution is 0.798. The van der Waals surface area contributed by atoms with Gasteiger partial charge in [0.05, 0.1) is 12.1 Å². The van der Waals surface area contributed by atoms with Crippen molar-refractivity contribution in [2.45, 2.75) is 13.5 Å². The van der Waals surface area contributed by atoms with Crippen LogP contribution >= 0.6 is 11.6 Å². The van der Waals surface area contributed by atoms with Crippen molar-refractivity contribution in [2.24, 2.45) is 0 Å². The molecule has 0 saturated carbocycles. The van der Waals surface area contributed by atoms with E-state index in [1.54, 1.807) is 6.20 Å². The van der Waals surface area contributed by atoms with Gasteiger partial charge < -0.3 is 10.3 Å². The summed E-state index contributed by atoms with van der Waals surface area (Å²) in [5.41, 5.74) is 6.25. The lowest BCUT2D eigenvalue weighted by Gasteiger charge is -2.06. The zero-order valence-electron chi connectivity index (χ0n) is 13.3. The van der Waals surface area contributed by atoms with Crippen molar-refractivity contribution in [1.29, 1.82) is 0 Å². The molecule has 0 radical (unpaired) electrons. The third-order valence-corrected chi connectivity index (χ3v) is 4.37. The van der Waals surface area contributed by atoms with E-state index >= 15 is 0 Å². The first kappa shape index (κ1) is 14.8. The van der Waals surface area contributed by atoms with Crippen molar-refractivity contribution in [3.63, 3.8) is 0 Å². The molecular formula is C19H17ClN4. The topological polar surface area (TPSA) is 45.1 Å². The van der Waals surface area contributed by atoms with Gasteiger partial charge in [0.1, 0.15) is 0 Å². The second-order valence-electron chi connectivity index (χ2n) is 5.96. The number of nitrogens with zero attached hydrogens (tertiary/aromatic N) is 2. The maximum atomic E-state index is 6.53. The fourth-order valence-electron chi connectivity index (χ4n) is 2.86. The summed E-state index contributed by atoms with van der Waals surface area (Å²) >= 11 is 6.53. The van der Waals surface area contributed by atoms with E-state index in [2.05, 4.69) is 40.2 Å². The first-order valence-electron chi connectivity index (χ1n) is 7.74. The number of aromatic amines is 1. The van der Waals surface area contributed by atoms with Crippen molar-refractivity contribution in [3.05, 3.63) is 71.8 Å². The lowest BCUT2D eigenvalue weighted by Crippen LogP contribution is -2.09. The Balaban J connectivity index is 1.77. The Morgan fingerprint density at radius 2 is 2.17 bits per heavy atom. The van der Waals surface area contributed by atoms with Crippen LogP contribution in [0.25, 0.3) is 27.5 Å². The molecule has 0 aliphatic rings. The van der Waals surface area contributed by atoms with E-state index < -0.39 is 0 Å². The summed E-state index contributed by atoms with van der Waals surface area (Å²) < 4.78 is 1.84. The number of allylic oxidation sites excluding steroid dienone is 1. The van der Waals surface area contributed by atoms with Crippen molar-refractivity contribution in [3.8, 4) is 11.1 Å². The summed E-state index contributed by atoms with van der Waals surface area (Å²) in [6, 6.07) is 12.3. The number of pyridine rings is 1. The van der Waals surface area contributed by atoms with Crippen LogP contribution in [0.1, 0.15) is 12.6 Å². The van der Waals surface area contributed by atoms with Crippen LogP contribution in [0.15, 0.2) is 61.1 Å². The van der Waals surface area contributed by atoms with Gasteiger partial charge in [-0.05, 0) is 48.9 Å². The number of hydrogen-bond acceptors (Lipinski definition) is 2. The molecule has 0 aliphatic heterocycles. The Morgan fingerprint density at radius 1 is 1.29 bits per heavy atom. The number of nitrogens with one attached hydrogen (secondary N) is 2. The molecule has 4 nitrogen and oxygen atoms in total. The minimum absolute atomic E-state index is 0.721. The highest BCUT2D eigenvalue weighted by Crippen LogP contribution is 2.33. The van der Waals surface area contributed by atoms with E-state index in [9.17, 15) is 0 Å². The molecule has 0 aliphatic carbocycles. The standard InChI is InChI=1S/C19H17ClN4/c1-12(2)21-11-15-7-14-9-18(20)17(10-19(14)23-15)13-4-6-24-16(8-13)3-5-22-24/h3-10,21,23H,1,11H2,2H3. The number of H-pyrrole nitrogens is 1. The molecule has 4 aromatic rings. The number of benzene rings is 1. The van der Waals surface area contributed by atoms with Crippen molar-refractivity contribution in [2.75, 3.05) is 0 Å². The molecular weight excluding hydrogens is 320 g/mol. The van der Waals surface area contributed by atoms with E-state index in [0.717, 1.165) is 50.5 Å². The summed E-state index contributed by atoms with van der Waals surface area (Å²) in [6.45, 7) is 6.53. The maximum Gasteiger partial charge on any atom is 0.0667 e. The Labute approximate surface area is 144 Å². The number of aromatic nitrogens is 3. The van der Waals surface area contributed by atoms with Gasteiger partial charge in [-0.15, -0.1) is 0 Å². The Hall–Kier alpha value is -2.72. The average molecular weight is 337 g/mol. The smallest absolute Gasteiger partial charge is 0.0667 e. The fraction of sp³-hybridized carbons (Fsp3) is 0.105. The predicted octanol–water partition coefficient (Wildman–Crippen LogP) is 4.76. The minimum atomic E-state index is 0.721. The van der Waals surface area contributed by atoms with Gasteiger partial charge in [-0.25, -0.2) is 4.52 Å². The summed E-state index contributed by atoms with van der Waals surface area (Å²) in [6.07, 6.45) is 3.73. The Kier molecular flexibility index (Phi) is 3.54. The van der Waals surface area contributed by atoms with Crippen LogP contribution < -0.4 is 5.32 Å². The van der Waals surface area contributed by atoms with Gasteiger partial charge in [0.25, 0.3) is 0 Å². The number of rotatable bonds is 4. The molecule has 24 heavy (non-hydrogen) atoms. The van der Waals surface area contributed by atoms with Crippen LogP contribution in [0.5, 0.6) is 0 Å². The van der Waals surface area contributed by atoms with Crippen LogP contribution in [0, 0.1) is 0 Å². The molecule has 0 amide bonds. The van der Waals surface area contributed by atoms with Crippen LogP contribution in [0.3, 0.4) is 0 Å².